The Morgan fingerprint density at radius 2 is 1.83 bits per heavy atom. The molecule has 0 bridgehead atoms. The van der Waals surface area contributed by atoms with Crippen LogP contribution < -0.4 is 8.56 Å². The third kappa shape index (κ3) is 2.76. The fraction of sp³-hybridized carbons (Fsp3) is 0.286. The highest BCUT2D eigenvalue weighted by molar-refractivity contribution is 7.27. The number of hydrogen-bond acceptors (Lipinski definition) is 3. The number of ketones is 1. The van der Waals surface area contributed by atoms with Crippen molar-refractivity contribution in [2.45, 2.75) is 13.8 Å². The van der Waals surface area contributed by atoms with Crippen molar-refractivity contribution in [2.75, 3.05) is 13.1 Å². The predicted octanol–water partition coefficient (Wildman–Crippen LogP) is 2.85. The van der Waals surface area contributed by atoms with Crippen molar-refractivity contribution in [3.05, 3.63) is 50.1 Å². The number of carbonyl (C=O) groups excluding carboxylic acids is 1. The highest BCUT2D eigenvalue weighted by Crippen LogP contribution is 2.14. The van der Waals surface area contributed by atoms with Crippen LogP contribution in [0.2, 0.25) is 0 Å². The predicted molar refractivity (Wildman–Crippen MR) is 78.4 cm³/mol. The van der Waals surface area contributed by atoms with E-state index in [1.165, 1.54) is 3.98 Å². The van der Waals surface area contributed by atoms with E-state index in [0.717, 1.165) is 23.5 Å². The standard InChI is InChI=1S/C14H16NOS2/c1-3-15(4-2)14-17-10-12(18-14)13(16)11-8-6-5-7-9-11/h5-10H,3-4H2,1-2H3/q+1. The Labute approximate surface area is 115 Å². The monoisotopic (exact) mass is 278 g/mol. The Morgan fingerprint density at radius 3 is 2.44 bits per heavy atom. The van der Waals surface area contributed by atoms with Crippen molar-refractivity contribution in [2.24, 2.45) is 0 Å². The minimum Gasteiger partial charge on any atom is -0.288 e. The van der Waals surface area contributed by atoms with Gasteiger partial charge in [-0.05, 0) is 13.8 Å². The first-order chi connectivity index (χ1) is 8.76. The van der Waals surface area contributed by atoms with E-state index < -0.39 is 0 Å². The van der Waals surface area contributed by atoms with Gasteiger partial charge in [-0.2, -0.15) is 0 Å². The van der Waals surface area contributed by atoms with E-state index in [1.54, 1.807) is 22.7 Å². The minimum atomic E-state index is 0.121. The summed E-state index contributed by atoms with van der Waals surface area (Å²) in [5, 5.41) is 1.97. The van der Waals surface area contributed by atoms with Gasteiger partial charge in [0.25, 0.3) is 0 Å². The summed E-state index contributed by atoms with van der Waals surface area (Å²) in [7, 11) is 0. The Kier molecular flexibility index (Phi) is 4.44. The summed E-state index contributed by atoms with van der Waals surface area (Å²) in [6, 6.07) is 9.45. The summed E-state index contributed by atoms with van der Waals surface area (Å²) >= 11 is 3.24. The molecular formula is C14H16NOS2+. The van der Waals surface area contributed by atoms with Crippen molar-refractivity contribution < 1.29 is 4.79 Å². The second-order valence-electron chi connectivity index (χ2n) is 3.84. The van der Waals surface area contributed by atoms with E-state index in [1.807, 2.05) is 35.7 Å². The average molecular weight is 278 g/mol. The Balaban J connectivity index is 2.37. The lowest BCUT2D eigenvalue weighted by atomic mass is 10.1. The maximum Gasteiger partial charge on any atom is 0.314 e. The molecule has 2 rings (SSSR count). The topological polar surface area (TPSA) is 20.1 Å². The summed E-state index contributed by atoms with van der Waals surface area (Å²) in [5.74, 6) is 0.121. The zero-order valence-electron chi connectivity index (χ0n) is 10.6. The molecule has 0 atom stereocenters. The van der Waals surface area contributed by atoms with Crippen LogP contribution in [0, 0.1) is 0 Å². The van der Waals surface area contributed by atoms with Gasteiger partial charge in [-0.3, -0.25) is 4.79 Å². The lowest BCUT2D eigenvalue weighted by molar-refractivity contribution is 0.104. The summed E-state index contributed by atoms with van der Waals surface area (Å²) < 4.78 is 3.48. The molecule has 1 heterocycles. The summed E-state index contributed by atoms with van der Waals surface area (Å²) in [6.45, 7) is 6.22. The minimum absolute atomic E-state index is 0.121. The van der Waals surface area contributed by atoms with E-state index in [0.29, 0.717) is 0 Å². The molecule has 1 aromatic heterocycles. The van der Waals surface area contributed by atoms with Crippen LogP contribution in [0.25, 0.3) is 0 Å². The Bertz CT molecular complexity index is 590. The number of nitrogens with zero attached hydrogens (tertiary/aromatic N) is 1. The molecule has 1 aromatic carbocycles. The van der Waals surface area contributed by atoms with Gasteiger partial charge in [-0.1, -0.05) is 53.0 Å². The van der Waals surface area contributed by atoms with Crippen LogP contribution in [0.4, 0.5) is 0 Å². The third-order valence-electron chi connectivity index (χ3n) is 2.75. The molecule has 0 amide bonds. The fourth-order valence-electron chi connectivity index (χ4n) is 1.70. The van der Waals surface area contributed by atoms with Gasteiger partial charge >= 0.3 is 3.98 Å². The zero-order chi connectivity index (χ0) is 13.0. The molecule has 0 unspecified atom stereocenters. The van der Waals surface area contributed by atoms with E-state index in [-0.39, 0.29) is 5.78 Å². The number of carbonyl (C=O) groups is 1. The molecule has 0 aliphatic rings. The van der Waals surface area contributed by atoms with E-state index in [9.17, 15) is 4.79 Å². The zero-order valence-corrected chi connectivity index (χ0v) is 12.2. The van der Waals surface area contributed by atoms with Gasteiger partial charge in [-0.15, -0.1) is 0 Å². The van der Waals surface area contributed by atoms with Crippen molar-refractivity contribution in [3.63, 3.8) is 0 Å². The van der Waals surface area contributed by atoms with Gasteiger partial charge < -0.3 is 0 Å². The van der Waals surface area contributed by atoms with Gasteiger partial charge in [0.2, 0.25) is 5.78 Å². The average Bonchev–Trinajstić information content (AvgIpc) is 2.90. The van der Waals surface area contributed by atoms with Crippen LogP contribution in [0.3, 0.4) is 0 Å². The molecule has 2 aromatic rings. The van der Waals surface area contributed by atoms with Crippen LogP contribution in [0.1, 0.15) is 29.1 Å². The quantitative estimate of drug-likeness (QED) is 0.622. The summed E-state index contributed by atoms with van der Waals surface area (Å²) in [5.41, 5.74) is 0.762. The van der Waals surface area contributed by atoms with Crippen LogP contribution in [0.5, 0.6) is 0 Å². The molecule has 0 aliphatic heterocycles. The SMILES string of the molecule is CC[N+](CC)=c1scc(C(=O)c2ccccc2)s1. The van der Waals surface area contributed by atoms with Crippen LogP contribution in [-0.4, -0.2) is 18.9 Å². The van der Waals surface area contributed by atoms with Crippen molar-refractivity contribution in [1.82, 2.24) is 4.58 Å². The molecule has 0 spiro atoms. The molecule has 0 saturated heterocycles. The largest absolute Gasteiger partial charge is 0.314 e. The molecule has 0 saturated carbocycles. The fourth-order valence-corrected chi connectivity index (χ4v) is 4.15. The Morgan fingerprint density at radius 1 is 1.17 bits per heavy atom. The second kappa shape index (κ2) is 6.07. The van der Waals surface area contributed by atoms with Gasteiger partial charge in [0.05, 0.1) is 4.88 Å². The highest BCUT2D eigenvalue weighted by atomic mass is 32.2. The molecule has 0 N–H and O–H groups in total. The van der Waals surface area contributed by atoms with Crippen LogP contribution >= 0.6 is 22.7 Å². The molecule has 94 valence electrons. The number of benzene rings is 1. The first kappa shape index (κ1) is 13.2. The molecular weight excluding hydrogens is 262 g/mol. The van der Waals surface area contributed by atoms with Crippen molar-refractivity contribution in [3.8, 4) is 0 Å². The van der Waals surface area contributed by atoms with Crippen molar-refractivity contribution in [1.29, 1.82) is 0 Å². The maximum absolute atomic E-state index is 12.3. The first-order valence-electron chi connectivity index (χ1n) is 6.02. The van der Waals surface area contributed by atoms with E-state index in [4.69, 9.17) is 0 Å². The van der Waals surface area contributed by atoms with Gasteiger partial charge in [0.15, 0.2) is 0 Å². The molecule has 2 nitrogen and oxygen atoms in total. The lowest BCUT2D eigenvalue weighted by Gasteiger charge is -1.95. The Hall–Kier alpha value is -1.26. The molecule has 0 fully saturated rings. The summed E-state index contributed by atoms with van der Waals surface area (Å²) in [6.07, 6.45) is 0. The lowest BCUT2D eigenvalue weighted by Crippen LogP contribution is -2.25. The molecule has 18 heavy (non-hydrogen) atoms. The molecule has 0 aliphatic carbocycles. The molecule has 4 heteroatoms. The second-order valence-corrected chi connectivity index (χ2v) is 5.98. The van der Waals surface area contributed by atoms with E-state index >= 15 is 0 Å². The third-order valence-corrected chi connectivity index (χ3v) is 5.20. The van der Waals surface area contributed by atoms with E-state index in [2.05, 4.69) is 18.4 Å². The van der Waals surface area contributed by atoms with Crippen LogP contribution in [-0.2, 0) is 0 Å². The first-order valence-corrected chi connectivity index (χ1v) is 7.72. The van der Waals surface area contributed by atoms with Gasteiger partial charge in [0.1, 0.15) is 13.1 Å². The van der Waals surface area contributed by atoms with Gasteiger partial charge in [0, 0.05) is 10.9 Å². The number of rotatable bonds is 4. The van der Waals surface area contributed by atoms with Crippen LogP contribution in [0.15, 0.2) is 35.7 Å². The normalized spacial score (nSPS) is 10.3. The highest BCUT2D eigenvalue weighted by Gasteiger charge is 2.13. The number of hydrogen-bond donors (Lipinski definition) is 0. The van der Waals surface area contributed by atoms with Gasteiger partial charge in [-0.25, -0.2) is 4.58 Å². The maximum atomic E-state index is 12.3. The van der Waals surface area contributed by atoms with Crippen molar-refractivity contribution >= 4 is 28.5 Å². The smallest absolute Gasteiger partial charge is 0.288 e. The summed E-state index contributed by atoms with van der Waals surface area (Å²) in [4.78, 5) is 13.1. The molecule has 0 radical (unpaired) electrons.